The molecule has 2 N–H and O–H groups in total. The molecule has 0 spiro atoms. The van der Waals surface area contributed by atoms with Crippen molar-refractivity contribution in [1.29, 1.82) is 0 Å². The molecule has 76 valence electrons. The lowest BCUT2D eigenvalue weighted by atomic mass is 9.97. The van der Waals surface area contributed by atoms with Crippen LogP contribution in [0.3, 0.4) is 0 Å². The van der Waals surface area contributed by atoms with E-state index in [0.717, 1.165) is 12.0 Å². The summed E-state index contributed by atoms with van der Waals surface area (Å²) in [5.74, 6) is 0.270. The first-order valence-electron chi connectivity index (χ1n) is 4.92. The van der Waals surface area contributed by atoms with Gasteiger partial charge in [-0.1, -0.05) is 12.1 Å². The summed E-state index contributed by atoms with van der Waals surface area (Å²) in [6.07, 6.45) is 0.682. The molecule has 1 saturated heterocycles. The zero-order valence-corrected chi connectivity index (χ0v) is 7.91. The third-order valence-corrected chi connectivity index (χ3v) is 2.63. The Morgan fingerprint density at radius 3 is 2.86 bits per heavy atom. The zero-order chi connectivity index (χ0) is 9.97. The normalized spacial score (nSPS) is 27.5. The summed E-state index contributed by atoms with van der Waals surface area (Å²) in [5.41, 5.74) is 1.04. The molecule has 0 aliphatic carbocycles. The Hall–Kier alpha value is -1.09. The first kappa shape index (κ1) is 9.46. The van der Waals surface area contributed by atoms with Crippen LogP contribution in [0.2, 0.25) is 0 Å². The van der Waals surface area contributed by atoms with Crippen LogP contribution in [0.15, 0.2) is 24.3 Å². The van der Waals surface area contributed by atoms with Crippen LogP contribution in [-0.2, 0) is 0 Å². The number of hydrogen-bond acceptors (Lipinski definition) is 2. The molecular formula is C11H14FNO. The minimum Gasteiger partial charge on any atom is -0.508 e. The highest BCUT2D eigenvalue weighted by Gasteiger charge is 2.20. The first-order chi connectivity index (χ1) is 6.75. The summed E-state index contributed by atoms with van der Waals surface area (Å²) in [5, 5.41) is 12.4. The molecule has 0 radical (unpaired) electrons. The van der Waals surface area contributed by atoms with Crippen molar-refractivity contribution in [3.05, 3.63) is 29.8 Å². The van der Waals surface area contributed by atoms with Crippen LogP contribution >= 0.6 is 0 Å². The van der Waals surface area contributed by atoms with Crippen LogP contribution in [0.4, 0.5) is 4.39 Å². The number of phenols is 1. The molecule has 0 saturated carbocycles. The average Bonchev–Trinajstić information content (AvgIpc) is 2.19. The summed E-state index contributed by atoms with van der Waals surface area (Å²) in [7, 11) is 0. The molecule has 2 rings (SSSR count). The van der Waals surface area contributed by atoms with Gasteiger partial charge in [-0.2, -0.15) is 0 Å². The molecule has 0 amide bonds. The maximum atomic E-state index is 12.8. The Labute approximate surface area is 82.8 Å². The smallest absolute Gasteiger partial charge is 0.115 e. The van der Waals surface area contributed by atoms with E-state index >= 15 is 0 Å². The van der Waals surface area contributed by atoms with Gasteiger partial charge in [-0.15, -0.1) is 0 Å². The second kappa shape index (κ2) is 3.96. The number of piperidine rings is 1. The standard InChI is InChI=1S/C11H14FNO/c12-9-4-5-11(13-7-9)8-2-1-3-10(14)6-8/h1-3,6,9,11,13-14H,4-5,7H2. The van der Waals surface area contributed by atoms with E-state index in [1.54, 1.807) is 12.1 Å². The van der Waals surface area contributed by atoms with E-state index in [1.807, 2.05) is 12.1 Å². The van der Waals surface area contributed by atoms with Crippen molar-refractivity contribution in [3.63, 3.8) is 0 Å². The van der Waals surface area contributed by atoms with Gasteiger partial charge < -0.3 is 10.4 Å². The average molecular weight is 195 g/mol. The summed E-state index contributed by atoms with van der Waals surface area (Å²) in [6.45, 7) is 0.417. The summed E-state index contributed by atoms with van der Waals surface area (Å²) in [6, 6.07) is 7.33. The Bertz CT molecular complexity index is 308. The number of phenolic OH excluding ortho intramolecular Hbond substituents is 1. The highest BCUT2D eigenvalue weighted by atomic mass is 19.1. The quantitative estimate of drug-likeness (QED) is 0.719. The van der Waals surface area contributed by atoms with E-state index in [4.69, 9.17) is 0 Å². The van der Waals surface area contributed by atoms with E-state index in [-0.39, 0.29) is 11.8 Å². The highest BCUT2D eigenvalue weighted by molar-refractivity contribution is 5.29. The van der Waals surface area contributed by atoms with Gasteiger partial charge in [0.05, 0.1) is 0 Å². The molecule has 1 fully saturated rings. The van der Waals surface area contributed by atoms with Crippen LogP contribution in [0.5, 0.6) is 5.75 Å². The Kier molecular flexibility index (Phi) is 2.68. The molecule has 2 atom stereocenters. The van der Waals surface area contributed by atoms with E-state index in [9.17, 15) is 9.50 Å². The SMILES string of the molecule is Oc1cccc(C2CCC(F)CN2)c1. The lowest BCUT2D eigenvalue weighted by Gasteiger charge is -2.26. The molecule has 1 aliphatic rings. The van der Waals surface area contributed by atoms with E-state index in [1.165, 1.54) is 0 Å². The Morgan fingerprint density at radius 2 is 2.21 bits per heavy atom. The number of nitrogens with one attached hydrogen (secondary N) is 1. The Morgan fingerprint density at radius 1 is 1.36 bits per heavy atom. The summed E-state index contributed by atoms with van der Waals surface area (Å²) < 4.78 is 12.8. The molecule has 2 nitrogen and oxygen atoms in total. The van der Waals surface area contributed by atoms with Crippen LogP contribution in [-0.4, -0.2) is 17.8 Å². The van der Waals surface area contributed by atoms with Crippen molar-refractivity contribution in [2.24, 2.45) is 0 Å². The molecule has 1 aliphatic heterocycles. The van der Waals surface area contributed by atoms with Gasteiger partial charge in [0.25, 0.3) is 0 Å². The first-order valence-corrected chi connectivity index (χ1v) is 4.92. The largest absolute Gasteiger partial charge is 0.508 e. The topological polar surface area (TPSA) is 32.3 Å². The summed E-state index contributed by atoms with van der Waals surface area (Å²) >= 11 is 0. The minimum absolute atomic E-state index is 0.189. The number of hydrogen-bond donors (Lipinski definition) is 2. The molecule has 1 heterocycles. The zero-order valence-electron chi connectivity index (χ0n) is 7.91. The van der Waals surface area contributed by atoms with Gasteiger partial charge >= 0.3 is 0 Å². The van der Waals surface area contributed by atoms with Crippen molar-refractivity contribution in [3.8, 4) is 5.75 Å². The minimum atomic E-state index is -0.719. The molecule has 1 aromatic carbocycles. The van der Waals surface area contributed by atoms with Crippen LogP contribution < -0.4 is 5.32 Å². The van der Waals surface area contributed by atoms with Gasteiger partial charge in [-0.25, -0.2) is 4.39 Å². The van der Waals surface area contributed by atoms with Crippen LogP contribution in [0, 0.1) is 0 Å². The predicted octanol–water partition coefficient (Wildman–Crippen LogP) is 2.15. The second-order valence-corrected chi connectivity index (χ2v) is 3.73. The third kappa shape index (κ3) is 2.04. The van der Waals surface area contributed by atoms with Crippen molar-refractivity contribution < 1.29 is 9.50 Å². The second-order valence-electron chi connectivity index (χ2n) is 3.73. The number of halogens is 1. The molecule has 2 unspecified atom stereocenters. The monoisotopic (exact) mass is 195 g/mol. The van der Waals surface area contributed by atoms with Gasteiger partial charge in [0.1, 0.15) is 11.9 Å². The van der Waals surface area contributed by atoms with Crippen molar-refractivity contribution in [2.75, 3.05) is 6.54 Å². The van der Waals surface area contributed by atoms with Crippen LogP contribution in [0.25, 0.3) is 0 Å². The third-order valence-electron chi connectivity index (χ3n) is 2.63. The molecule has 3 heteroatoms. The number of benzene rings is 1. The molecular weight excluding hydrogens is 181 g/mol. The Balaban J connectivity index is 2.08. The van der Waals surface area contributed by atoms with Gasteiger partial charge in [-0.3, -0.25) is 0 Å². The molecule has 14 heavy (non-hydrogen) atoms. The highest BCUT2D eigenvalue weighted by Crippen LogP contribution is 2.26. The molecule has 0 bridgehead atoms. The lowest BCUT2D eigenvalue weighted by molar-refractivity contribution is 0.234. The van der Waals surface area contributed by atoms with Gasteiger partial charge in [-0.05, 0) is 30.5 Å². The van der Waals surface area contributed by atoms with E-state index in [0.29, 0.717) is 13.0 Å². The fourth-order valence-corrected chi connectivity index (χ4v) is 1.85. The maximum Gasteiger partial charge on any atom is 0.115 e. The summed E-state index contributed by atoms with van der Waals surface area (Å²) in [4.78, 5) is 0. The van der Waals surface area contributed by atoms with Gasteiger partial charge in [0, 0.05) is 12.6 Å². The number of aromatic hydroxyl groups is 1. The molecule has 0 aromatic heterocycles. The van der Waals surface area contributed by atoms with Gasteiger partial charge in [0.2, 0.25) is 0 Å². The fourth-order valence-electron chi connectivity index (χ4n) is 1.85. The van der Waals surface area contributed by atoms with Crippen LogP contribution in [0.1, 0.15) is 24.4 Å². The number of rotatable bonds is 1. The van der Waals surface area contributed by atoms with E-state index < -0.39 is 6.17 Å². The van der Waals surface area contributed by atoms with Crippen molar-refractivity contribution in [1.82, 2.24) is 5.32 Å². The van der Waals surface area contributed by atoms with E-state index in [2.05, 4.69) is 5.32 Å². The van der Waals surface area contributed by atoms with Crippen molar-refractivity contribution in [2.45, 2.75) is 25.1 Å². The predicted molar refractivity (Wildman–Crippen MR) is 53.0 cm³/mol. The lowest BCUT2D eigenvalue weighted by Crippen LogP contribution is -2.34. The fraction of sp³-hybridized carbons (Fsp3) is 0.455. The maximum absolute atomic E-state index is 12.8. The number of alkyl halides is 1. The molecule has 1 aromatic rings. The van der Waals surface area contributed by atoms with Crippen molar-refractivity contribution >= 4 is 0 Å². The van der Waals surface area contributed by atoms with Gasteiger partial charge in [0.15, 0.2) is 0 Å².